The van der Waals surface area contributed by atoms with E-state index in [-0.39, 0.29) is 0 Å². The monoisotopic (exact) mass is 106 g/mol. The van der Waals surface area contributed by atoms with Crippen molar-refractivity contribution >= 4 is 11.9 Å². The largest absolute Gasteiger partial charge is 0.310 e. The van der Waals surface area contributed by atoms with Crippen LogP contribution in [-0.2, 0) is 0 Å². The second-order valence-electron chi connectivity index (χ2n) is 0.846. The average Bonchev–Trinajstić information content (AvgIpc) is 1.61. The third kappa shape index (κ3) is 4.27. The summed E-state index contributed by atoms with van der Waals surface area (Å²) in [7, 11) is 3.83. The van der Waals surface area contributed by atoms with Crippen LogP contribution in [0.1, 0.15) is 0 Å². The number of hydrogen-bond acceptors (Lipinski definition) is 3. The molecule has 0 spiro atoms. The van der Waals surface area contributed by atoms with Gasteiger partial charge in [0.25, 0.3) is 0 Å². The Hall–Kier alpha value is 0.270. The molecule has 0 aliphatic rings. The molecule has 0 atom stereocenters. The summed E-state index contributed by atoms with van der Waals surface area (Å²) in [5.74, 6) is 0.969. The van der Waals surface area contributed by atoms with Gasteiger partial charge in [0.1, 0.15) is 0 Å². The van der Waals surface area contributed by atoms with Crippen LogP contribution in [0.5, 0.6) is 0 Å². The molecule has 0 saturated carbocycles. The minimum atomic E-state index is 0.969. The zero-order valence-electron chi connectivity index (χ0n) is 4.12. The van der Waals surface area contributed by atoms with Gasteiger partial charge in [-0.15, -0.1) is 0 Å². The van der Waals surface area contributed by atoms with Crippen molar-refractivity contribution in [1.29, 1.82) is 0 Å². The summed E-state index contributed by atoms with van der Waals surface area (Å²) in [5, 5.41) is 2.97. The van der Waals surface area contributed by atoms with Gasteiger partial charge in [-0.2, -0.15) is 0 Å². The predicted molar refractivity (Wildman–Crippen MR) is 30.6 cm³/mol. The van der Waals surface area contributed by atoms with E-state index in [0.29, 0.717) is 0 Å². The molecule has 2 N–H and O–H groups in total. The molecule has 38 valence electrons. The summed E-state index contributed by atoms with van der Waals surface area (Å²) in [5.41, 5.74) is 0. The van der Waals surface area contributed by atoms with Gasteiger partial charge in [0, 0.05) is 0 Å². The molecule has 0 aromatic rings. The second kappa shape index (κ2) is 5.27. The van der Waals surface area contributed by atoms with Crippen molar-refractivity contribution in [2.45, 2.75) is 0 Å². The third-order valence-corrected chi connectivity index (χ3v) is 1.08. The van der Waals surface area contributed by atoms with Crippen molar-refractivity contribution < 1.29 is 0 Å². The summed E-state index contributed by atoms with van der Waals surface area (Å²) < 4.78 is 2.92. The molecule has 0 fully saturated rings. The number of hydrogen-bond donors (Lipinski definition) is 2. The highest BCUT2D eigenvalue weighted by atomic mass is 32.2. The molecule has 0 saturated heterocycles. The molecule has 0 amide bonds. The molecule has 0 bridgehead atoms. The molecule has 3 heteroatoms. The van der Waals surface area contributed by atoms with E-state index < -0.39 is 0 Å². The predicted octanol–water partition coefficient (Wildman–Crippen LogP) is 0.0309. The van der Waals surface area contributed by atoms with E-state index in [2.05, 4.69) is 10.0 Å². The average molecular weight is 106 g/mol. The van der Waals surface area contributed by atoms with E-state index in [4.69, 9.17) is 0 Å². The lowest BCUT2D eigenvalue weighted by molar-refractivity contribution is 0.977. The van der Waals surface area contributed by atoms with Crippen LogP contribution < -0.4 is 10.0 Å². The molecule has 0 aromatic heterocycles. The first kappa shape index (κ1) is 6.27. The van der Waals surface area contributed by atoms with E-state index in [1.54, 1.807) is 11.9 Å². The van der Waals surface area contributed by atoms with Crippen molar-refractivity contribution in [3.63, 3.8) is 0 Å². The Labute approximate surface area is 42.8 Å². The highest BCUT2D eigenvalue weighted by Crippen LogP contribution is 1.81. The van der Waals surface area contributed by atoms with E-state index in [1.807, 2.05) is 14.1 Å². The van der Waals surface area contributed by atoms with Crippen LogP contribution in [0.25, 0.3) is 0 Å². The zero-order valence-corrected chi connectivity index (χ0v) is 4.93. The lowest BCUT2D eigenvalue weighted by Crippen LogP contribution is -2.07. The Kier molecular flexibility index (Phi) is 5.51. The first-order chi connectivity index (χ1) is 2.91. The maximum atomic E-state index is 2.97. The molecular formula is C3H10N2S. The Morgan fingerprint density at radius 1 is 1.50 bits per heavy atom. The fourth-order valence-corrected chi connectivity index (χ4v) is 0.433. The molecule has 0 heterocycles. The van der Waals surface area contributed by atoms with Crippen LogP contribution in [0.4, 0.5) is 0 Å². The Morgan fingerprint density at radius 3 is 2.33 bits per heavy atom. The van der Waals surface area contributed by atoms with Gasteiger partial charge in [0.05, 0.1) is 5.88 Å². The molecule has 0 aliphatic heterocycles. The first-order valence-corrected chi connectivity index (χ1v) is 2.83. The fraction of sp³-hybridized carbons (Fsp3) is 1.00. The normalized spacial score (nSPS) is 9.00. The molecule has 0 rings (SSSR count). The molecule has 6 heavy (non-hydrogen) atoms. The van der Waals surface area contributed by atoms with Crippen LogP contribution in [0, 0.1) is 0 Å². The van der Waals surface area contributed by atoms with E-state index in [0.717, 1.165) is 5.88 Å². The SMILES string of the molecule is CNCSNC. The van der Waals surface area contributed by atoms with Crippen molar-refractivity contribution in [3.05, 3.63) is 0 Å². The van der Waals surface area contributed by atoms with Crippen LogP contribution in [0.15, 0.2) is 0 Å². The van der Waals surface area contributed by atoms with Gasteiger partial charge < -0.3 is 5.32 Å². The summed E-state index contributed by atoms with van der Waals surface area (Å²) in [4.78, 5) is 0. The highest BCUT2D eigenvalue weighted by molar-refractivity contribution is 7.97. The van der Waals surface area contributed by atoms with Crippen molar-refractivity contribution in [2.24, 2.45) is 0 Å². The van der Waals surface area contributed by atoms with Crippen LogP contribution in [-0.4, -0.2) is 20.0 Å². The van der Waals surface area contributed by atoms with Gasteiger partial charge in [0.2, 0.25) is 0 Å². The van der Waals surface area contributed by atoms with Gasteiger partial charge in [-0.3, -0.25) is 4.72 Å². The van der Waals surface area contributed by atoms with Crippen LogP contribution >= 0.6 is 11.9 Å². The van der Waals surface area contributed by atoms with Gasteiger partial charge >= 0.3 is 0 Å². The van der Waals surface area contributed by atoms with E-state index >= 15 is 0 Å². The lowest BCUT2D eigenvalue weighted by Gasteiger charge is -1.91. The minimum absolute atomic E-state index is 0.969. The topological polar surface area (TPSA) is 24.1 Å². The van der Waals surface area contributed by atoms with Gasteiger partial charge in [-0.05, 0) is 14.1 Å². The smallest absolute Gasteiger partial charge is 0.0563 e. The molecular weight excluding hydrogens is 96.1 g/mol. The Morgan fingerprint density at radius 2 is 2.17 bits per heavy atom. The number of rotatable bonds is 3. The van der Waals surface area contributed by atoms with Crippen LogP contribution in [0.3, 0.4) is 0 Å². The standard InChI is InChI=1S/C3H10N2S/c1-4-3-6-5-2/h4-5H,3H2,1-2H3. The molecule has 0 radical (unpaired) electrons. The quantitative estimate of drug-likeness (QED) is 0.301. The molecule has 2 nitrogen and oxygen atoms in total. The van der Waals surface area contributed by atoms with Crippen molar-refractivity contribution in [2.75, 3.05) is 20.0 Å². The highest BCUT2D eigenvalue weighted by Gasteiger charge is 1.71. The Balaban J connectivity index is 2.34. The van der Waals surface area contributed by atoms with E-state index in [1.165, 1.54) is 0 Å². The summed E-state index contributed by atoms with van der Waals surface area (Å²) in [6, 6.07) is 0. The van der Waals surface area contributed by atoms with Gasteiger partial charge in [0.15, 0.2) is 0 Å². The Bertz CT molecular complexity index is 20.8. The number of nitrogens with one attached hydrogen (secondary N) is 2. The third-order valence-electron chi connectivity index (χ3n) is 0.361. The molecule has 0 unspecified atom stereocenters. The fourth-order valence-electron chi connectivity index (χ4n) is 0.144. The maximum absolute atomic E-state index is 2.97. The van der Waals surface area contributed by atoms with Crippen molar-refractivity contribution in [1.82, 2.24) is 10.0 Å². The minimum Gasteiger partial charge on any atom is -0.310 e. The summed E-state index contributed by atoms with van der Waals surface area (Å²) >= 11 is 1.65. The van der Waals surface area contributed by atoms with Crippen molar-refractivity contribution in [3.8, 4) is 0 Å². The lowest BCUT2D eigenvalue weighted by atomic mass is 11.3. The van der Waals surface area contributed by atoms with E-state index in [9.17, 15) is 0 Å². The van der Waals surface area contributed by atoms with Gasteiger partial charge in [-0.1, -0.05) is 11.9 Å². The summed E-state index contributed by atoms with van der Waals surface area (Å²) in [6.07, 6.45) is 0. The molecule has 0 aliphatic carbocycles. The maximum Gasteiger partial charge on any atom is 0.0563 e. The second-order valence-corrected chi connectivity index (χ2v) is 1.83. The zero-order chi connectivity index (χ0) is 4.83. The molecule has 0 aromatic carbocycles. The summed E-state index contributed by atoms with van der Waals surface area (Å²) in [6.45, 7) is 0. The van der Waals surface area contributed by atoms with Gasteiger partial charge in [-0.25, -0.2) is 0 Å². The van der Waals surface area contributed by atoms with Crippen LogP contribution in [0.2, 0.25) is 0 Å². The first-order valence-electron chi connectivity index (χ1n) is 1.85.